The fraction of sp³-hybridized carbons (Fsp3) is 0.500. The molecule has 1 aliphatic carbocycles. The SMILES string of the molecule is C[C@H](N)C1=CC=C(Cl)CC1. The van der Waals surface area contributed by atoms with E-state index in [0.717, 1.165) is 17.9 Å². The van der Waals surface area contributed by atoms with E-state index < -0.39 is 0 Å². The second kappa shape index (κ2) is 3.22. The summed E-state index contributed by atoms with van der Waals surface area (Å²) in [4.78, 5) is 0. The lowest BCUT2D eigenvalue weighted by atomic mass is 10.00. The van der Waals surface area contributed by atoms with Crippen molar-refractivity contribution in [3.63, 3.8) is 0 Å². The molecule has 0 aromatic rings. The molecule has 2 N–H and O–H groups in total. The molecular weight excluding hydrogens is 146 g/mol. The Hall–Kier alpha value is -0.270. The van der Waals surface area contributed by atoms with E-state index in [9.17, 15) is 0 Å². The molecule has 0 radical (unpaired) electrons. The van der Waals surface area contributed by atoms with Crippen LogP contribution in [-0.4, -0.2) is 6.04 Å². The summed E-state index contributed by atoms with van der Waals surface area (Å²) in [6.45, 7) is 2.00. The maximum atomic E-state index is 5.76. The molecule has 1 rings (SSSR count). The molecule has 0 aliphatic heterocycles. The van der Waals surface area contributed by atoms with Gasteiger partial charge in [0.25, 0.3) is 0 Å². The quantitative estimate of drug-likeness (QED) is 0.621. The molecule has 0 bridgehead atoms. The van der Waals surface area contributed by atoms with Crippen LogP contribution in [-0.2, 0) is 0 Å². The van der Waals surface area contributed by atoms with Gasteiger partial charge in [-0.3, -0.25) is 0 Å². The molecule has 1 nitrogen and oxygen atoms in total. The number of halogens is 1. The monoisotopic (exact) mass is 157 g/mol. The Kier molecular flexibility index (Phi) is 2.52. The van der Waals surface area contributed by atoms with Crippen molar-refractivity contribution in [1.29, 1.82) is 0 Å². The van der Waals surface area contributed by atoms with Gasteiger partial charge in [0, 0.05) is 11.1 Å². The largest absolute Gasteiger partial charge is 0.324 e. The molecule has 1 aliphatic rings. The minimum Gasteiger partial charge on any atom is -0.324 e. The molecule has 0 fully saturated rings. The van der Waals surface area contributed by atoms with Gasteiger partial charge in [-0.05, 0) is 25.8 Å². The third kappa shape index (κ3) is 1.86. The Morgan fingerprint density at radius 1 is 1.50 bits per heavy atom. The standard InChI is InChI=1S/C8H12ClN/c1-6(10)7-2-4-8(9)5-3-7/h2,4,6H,3,5,10H2,1H3/t6-/m0/s1. The molecule has 0 amide bonds. The first-order chi connectivity index (χ1) is 4.70. The summed E-state index contributed by atoms with van der Waals surface area (Å²) in [5.41, 5.74) is 6.97. The molecule has 0 heterocycles. The summed E-state index contributed by atoms with van der Waals surface area (Å²) in [6.07, 6.45) is 5.93. The summed E-state index contributed by atoms with van der Waals surface area (Å²) in [6, 6.07) is 0.181. The second-order valence-corrected chi connectivity index (χ2v) is 3.13. The Bertz CT molecular complexity index is 180. The Labute approximate surface area is 66.6 Å². The summed E-state index contributed by atoms with van der Waals surface area (Å²) in [5.74, 6) is 0. The van der Waals surface area contributed by atoms with Crippen molar-refractivity contribution in [3.8, 4) is 0 Å². The van der Waals surface area contributed by atoms with Crippen LogP contribution in [0.25, 0.3) is 0 Å². The van der Waals surface area contributed by atoms with Crippen LogP contribution in [0.1, 0.15) is 19.8 Å². The molecular formula is C8H12ClN. The number of nitrogens with two attached hydrogens (primary N) is 1. The van der Waals surface area contributed by atoms with Gasteiger partial charge in [-0.2, -0.15) is 0 Å². The van der Waals surface area contributed by atoms with Gasteiger partial charge in [0.1, 0.15) is 0 Å². The maximum absolute atomic E-state index is 5.76. The van der Waals surface area contributed by atoms with Gasteiger partial charge in [0.2, 0.25) is 0 Å². The zero-order valence-electron chi connectivity index (χ0n) is 6.10. The van der Waals surface area contributed by atoms with E-state index in [-0.39, 0.29) is 6.04 Å². The van der Waals surface area contributed by atoms with Gasteiger partial charge in [0.05, 0.1) is 0 Å². The van der Waals surface area contributed by atoms with E-state index >= 15 is 0 Å². The van der Waals surface area contributed by atoms with Crippen molar-refractivity contribution in [1.82, 2.24) is 0 Å². The average Bonchev–Trinajstić information content (AvgIpc) is 1.88. The van der Waals surface area contributed by atoms with Gasteiger partial charge in [-0.15, -0.1) is 0 Å². The van der Waals surface area contributed by atoms with Gasteiger partial charge in [0.15, 0.2) is 0 Å². The normalized spacial score (nSPS) is 21.5. The molecule has 2 heteroatoms. The lowest BCUT2D eigenvalue weighted by Crippen LogP contribution is -2.18. The van der Waals surface area contributed by atoms with E-state index in [1.165, 1.54) is 5.57 Å². The summed E-state index contributed by atoms with van der Waals surface area (Å²) in [7, 11) is 0. The van der Waals surface area contributed by atoms with Crippen LogP contribution in [0.2, 0.25) is 0 Å². The van der Waals surface area contributed by atoms with Gasteiger partial charge in [-0.25, -0.2) is 0 Å². The van der Waals surface area contributed by atoms with Crippen LogP contribution in [0.5, 0.6) is 0 Å². The number of rotatable bonds is 1. The zero-order valence-corrected chi connectivity index (χ0v) is 6.86. The van der Waals surface area contributed by atoms with Crippen LogP contribution < -0.4 is 5.73 Å². The molecule has 0 aromatic carbocycles. The van der Waals surface area contributed by atoms with Gasteiger partial charge < -0.3 is 5.73 Å². The molecule has 56 valence electrons. The Balaban J connectivity index is 2.64. The maximum Gasteiger partial charge on any atom is 0.0228 e. The fourth-order valence-electron chi connectivity index (χ4n) is 1.01. The van der Waals surface area contributed by atoms with Crippen molar-refractivity contribution in [2.75, 3.05) is 0 Å². The minimum atomic E-state index is 0.181. The number of hydrogen-bond acceptors (Lipinski definition) is 1. The second-order valence-electron chi connectivity index (χ2n) is 2.64. The zero-order chi connectivity index (χ0) is 7.56. The number of hydrogen-bond donors (Lipinski definition) is 1. The minimum absolute atomic E-state index is 0.181. The van der Waals surface area contributed by atoms with E-state index in [2.05, 4.69) is 0 Å². The lowest BCUT2D eigenvalue weighted by molar-refractivity contribution is 0.777. The molecule has 10 heavy (non-hydrogen) atoms. The summed E-state index contributed by atoms with van der Waals surface area (Å²) < 4.78 is 0. The Morgan fingerprint density at radius 2 is 2.20 bits per heavy atom. The van der Waals surface area contributed by atoms with E-state index in [4.69, 9.17) is 17.3 Å². The summed E-state index contributed by atoms with van der Waals surface area (Å²) in [5, 5.41) is 0.935. The molecule has 0 aromatic heterocycles. The van der Waals surface area contributed by atoms with Crippen LogP contribution in [0.4, 0.5) is 0 Å². The number of allylic oxidation sites excluding steroid dienone is 3. The summed E-state index contributed by atoms with van der Waals surface area (Å²) >= 11 is 5.76. The first-order valence-corrected chi connectivity index (χ1v) is 3.88. The van der Waals surface area contributed by atoms with Crippen LogP contribution >= 0.6 is 11.6 Å². The van der Waals surface area contributed by atoms with Crippen molar-refractivity contribution < 1.29 is 0 Å². The fourth-order valence-corrected chi connectivity index (χ4v) is 1.16. The van der Waals surface area contributed by atoms with E-state index in [1.54, 1.807) is 0 Å². The predicted molar refractivity (Wildman–Crippen MR) is 44.9 cm³/mol. The first-order valence-electron chi connectivity index (χ1n) is 3.51. The van der Waals surface area contributed by atoms with E-state index in [0.29, 0.717) is 0 Å². The van der Waals surface area contributed by atoms with Crippen LogP contribution in [0, 0.1) is 0 Å². The topological polar surface area (TPSA) is 26.0 Å². The van der Waals surface area contributed by atoms with Crippen molar-refractivity contribution >= 4 is 11.6 Å². The third-order valence-electron chi connectivity index (χ3n) is 1.72. The lowest BCUT2D eigenvalue weighted by Gasteiger charge is -2.13. The van der Waals surface area contributed by atoms with Gasteiger partial charge >= 0.3 is 0 Å². The molecule has 0 saturated heterocycles. The molecule has 1 atom stereocenters. The highest BCUT2D eigenvalue weighted by Crippen LogP contribution is 2.21. The molecule has 0 spiro atoms. The molecule has 0 unspecified atom stereocenters. The van der Waals surface area contributed by atoms with Crippen LogP contribution in [0.15, 0.2) is 22.8 Å². The molecule has 0 saturated carbocycles. The van der Waals surface area contributed by atoms with Crippen molar-refractivity contribution in [2.45, 2.75) is 25.8 Å². The van der Waals surface area contributed by atoms with Crippen LogP contribution in [0.3, 0.4) is 0 Å². The smallest absolute Gasteiger partial charge is 0.0228 e. The highest BCUT2D eigenvalue weighted by atomic mass is 35.5. The average molecular weight is 158 g/mol. The van der Waals surface area contributed by atoms with Crippen molar-refractivity contribution in [3.05, 3.63) is 22.8 Å². The van der Waals surface area contributed by atoms with Gasteiger partial charge in [-0.1, -0.05) is 23.3 Å². The van der Waals surface area contributed by atoms with E-state index in [1.807, 2.05) is 19.1 Å². The third-order valence-corrected chi connectivity index (χ3v) is 2.03. The van der Waals surface area contributed by atoms with Crippen molar-refractivity contribution in [2.24, 2.45) is 5.73 Å². The predicted octanol–water partition coefficient (Wildman–Crippen LogP) is 2.18. The Morgan fingerprint density at radius 3 is 2.60 bits per heavy atom. The highest BCUT2D eigenvalue weighted by molar-refractivity contribution is 6.29. The highest BCUT2D eigenvalue weighted by Gasteiger charge is 2.07. The first kappa shape index (κ1) is 7.83.